The Morgan fingerprint density at radius 1 is 1.05 bits per heavy atom. The first-order chi connectivity index (χ1) is 9.98. The van der Waals surface area contributed by atoms with E-state index in [2.05, 4.69) is 5.32 Å². The summed E-state index contributed by atoms with van der Waals surface area (Å²) in [6.45, 7) is 0. The van der Waals surface area contributed by atoms with Crippen molar-refractivity contribution in [3.8, 4) is 0 Å². The number of fused-ring (bicyclic) bond motifs is 1. The van der Waals surface area contributed by atoms with Gasteiger partial charge in [-0.25, -0.2) is 0 Å². The van der Waals surface area contributed by atoms with E-state index in [-0.39, 0.29) is 0 Å². The van der Waals surface area contributed by atoms with Crippen LogP contribution in [0.3, 0.4) is 0 Å². The molecule has 0 spiro atoms. The van der Waals surface area contributed by atoms with Crippen LogP contribution in [0.5, 0.6) is 0 Å². The van der Waals surface area contributed by atoms with Gasteiger partial charge >= 0.3 is 15.2 Å². The summed E-state index contributed by atoms with van der Waals surface area (Å²) in [6, 6.07) is 2.92. The van der Waals surface area contributed by atoms with E-state index in [1.54, 1.807) is 12.1 Å². The minimum atomic E-state index is -4.99. The second-order valence-electron chi connectivity index (χ2n) is 5.19. The zero-order valence-corrected chi connectivity index (χ0v) is 14.5. The molecule has 0 saturated heterocycles. The summed E-state index contributed by atoms with van der Waals surface area (Å²) in [5.41, 5.74) is -0.390. The molecule has 1 aliphatic rings. The van der Waals surface area contributed by atoms with Crippen LogP contribution in [0, 0.1) is 0 Å². The molecule has 0 radical (unpaired) electrons. The lowest BCUT2D eigenvalue weighted by atomic mass is 9.88. The molecule has 1 atom stereocenters. The molecule has 124 valence electrons. The highest BCUT2D eigenvalue weighted by Crippen LogP contribution is 2.58. The van der Waals surface area contributed by atoms with Crippen LogP contribution in [-0.4, -0.2) is 31.1 Å². The van der Waals surface area contributed by atoms with E-state index in [1.165, 1.54) is 0 Å². The van der Waals surface area contributed by atoms with Gasteiger partial charge in [-0.05, 0) is 42.5 Å². The summed E-state index contributed by atoms with van der Waals surface area (Å²) in [7, 11) is -9.97. The second kappa shape index (κ2) is 6.52. The summed E-state index contributed by atoms with van der Waals surface area (Å²) in [6.07, 6.45) is 1.39. The van der Waals surface area contributed by atoms with E-state index in [0.717, 1.165) is 11.1 Å². The van der Waals surface area contributed by atoms with Gasteiger partial charge in [0.2, 0.25) is 5.52 Å². The van der Waals surface area contributed by atoms with Gasteiger partial charge in [-0.1, -0.05) is 23.2 Å². The minimum absolute atomic E-state index is 0.350. The Morgan fingerprint density at radius 2 is 1.55 bits per heavy atom. The van der Waals surface area contributed by atoms with Crippen molar-refractivity contribution in [3.05, 3.63) is 33.3 Å². The summed E-state index contributed by atoms with van der Waals surface area (Å²) >= 11 is 11.9. The maximum Gasteiger partial charge on any atom is 0.354 e. The largest absolute Gasteiger partial charge is 0.354 e. The van der Waals surface area contributed by atoms with Crippen molar-refractivity contribution in [1.29, 1.82) is 0 Å². The molecule has 22 heavy (non-hydrogen) atoms. The summed E-state index contributed by atoms with van der Waals surface area (Å²) in [4.78, 5) is 36.5. The maximum atomic E-state index is 11.3. The molecule has 0 aromatic heterocycles. The third-order valence-corrected chi connectivity index (χ3v) is 7.59. The molecule has 1 aromatic rings. The zero-order chi connectivity index (χ0) is 16.7. The number of hydrogen-bond donors (Lipinski definition) is 5. The maximum absolute atomic E-state index is 11.3. The molecule has 2 rings (SSSR count). The standard InChI is InChI=1S/C11H15Cl2NO6P2/c12-9-4-6-1-2-8(3-7(6)5-10(9)13)14-11(21(15,16)17)22(18,19)20/h4-5,8,11,14H,1-3H2,(H2,15,16,17)(H2,18,19,20). The fourth-order valence-corrected chi connectivity index (χ4v) is 5.24. The van der Waals surface area contributed by atoms with E-state index in [9.17, 15) is 9.13 Å². The van der Waals surface area contributed by atoms with Crippen LogP contribution >= 0.6 is 38.4 Å². The number of aryl methyl sites for hydroxylation is 1. The number of halogens is 2. The van der Waals surface area contributed by atoms with Crippen LogP contribution in [0.2, 0.25) is 10.0 Å². The van der Waals surface area contributed by atoms with Crippen LogP contribution < -0.4 is 5.32 Å². The van der Waals surface area contributed by atoms with E-state index < -0.39 is 26.8 Å². The number of nitrogens with one attached hydrogen (secondary N) is 1. The van der Waals surface area contributed by atoms with Crippen LogP contribution in [0.15, 0.2) is 12.1 Å². The molecule has 1 aromatic carbocycles. The Bertz CT molecular complexity index is 651. The summed E-state index contributed by atoms with van der Waals surface area (Å²) in [5.74, 6) is 0. The number of hydrogen-bond acceptors (Lipinski definition) is 3. The Hall–Kier alpha value is 0.0600. The molecular formula is C11H15Cl2NO6P2. The zero-order valence-electron chi connectivity index (χ0n) is 11.2. The van der Waals surface area contributed by atoms with Crippen molar-refractivity contribution in [2.75, 3.05) is 0 Å². The van der Waals surface area contributed by atoms with Crippen LogP contribution in [0.25, 0.3) is 0 Å². The molecule has 11 heteroatoms. The second-order valence-corrected chi connectivity index (χ2v) is 9.80. The van der Waals surface area contributed by atoms with Crippen LogP contribution in [0.1, 0.15) is 17.5 Å². The molecule has 0 bridgehead atoms. The molecule has 0 saturated carbocycles. The minimum Gasteiger partial charge on any atom is -0.323 e. The Labute approximate surface area is 137 Å². The SMILES string of the molecule is O=P(O)(O)C(NC1CCc2cc(Cl)c(Cl)cc2C1)P(=O)(O)O. The lowest BCUT2D eigenvalue weighted by molar-refractivity contribution is 0.315. The van der Waals surface area contributed by atoms with Gasteiger partial charge in [0.15, 0.2) is 0 Å². The topological polar surface area (TPSA) is 127 Å². The lowest BCUT2D eigenvalue weighted by Crippen LogP contribution is -2.41. The normalized spacial score (nSPS) is 19.3. The first kappa shape index (κ1) is 18.4. The van der Waals surface area contributed by atoms with Crippen LogP contribution in [0.4, 0.5) is 0 Å². The lowest BCUT2D eigenvalue weighted by Gasteiger charge is -2.30. The van der Waals surface area contributed by atoms with Gasteiger partial charge < -0.3 is 19.6 Å². The molecule has 0 amide bonds. The van der Waals surface area contributed by atoms with E-state index in [1.807, 2.05) is 0 Å². The van der Waals surface area contributed by atoms with Gasteiger partial charge in [0.25, 0.3) is 0 Å². The van der Waals surface area contributed by atoms with E-state index >= 15 is 0 Å². The highest BCUT2D eigenvalue weighted by atomic mass is 35.5. The van der Waals surface area contributed by atoms with Gasteiger partial charge in [-0.3, -0.25) is 14.4 Å². The van der Waals surface area contributed by atoms with Crippen molar-refractivity contribution in [1.82, 2.24) is 5.32 Å². The molecule has 0 fully saturated rings. The molecular weight excluding hydrogens is 375 g/mol. The molecule has 0 aliphatic heterocycles. The quantitative estimate of drug-likeness (QED) is 0.498. The predicted molar refractivity (Wildman–Crippen MR) is 83.3 cm³/mol. The molecule has 7 nitrogen and oxygen atoms in total. The third-order valence-electron chi connectivity index (χ3n) is 3.49. The van der Waals surface area contributed by atoms with Crippen molar-refractivity contribution in [2.45, 2.75) is 30.8 Å². The first-order valence-electron chi connectivity index (χ1n) is 6.32. The van der Waals surface area contributed by atoms with Gasteiger partial charge in [0.05, 0.1) is 10.0 Å². The first-order valence-corrected chi connectivity index (χ1v) is 10.4. The molecule has 1 unspecified atom stereocenters. The molecule has 1 aliphatic carbocycles. The van der Waals surface area contributed by atoms with Crippen molar-refractivity contribution in [2.24, 2.45) is 0 Å². The van der Waals surface area contributed by atoms with Gasteiger partial charge in [0, 0.05) is 6.04 Å². The van der Waals surface area contributed by atoms with Crippen molar-refractivity contribution >= 4 is 38.4 Å². The summed E-state index contributed by atoms with van der Waals surface area (Å²) in [5, 5.41) is 3.20. The van der Waals surface area contributed by atoms with E-state index in [0.29, 0.717) is 29.3 Å². The smallest absolute Gasteiger partial charge is 0.323 e. The van der Waals surface area contributed by atoms with Crippen molar-refractivity contribution in [3.63, 3.8) is 0 Å². The highest BCUT2D eigenvalue weighted by Gasteiger charge is 2.44. The summed E-state index contributed by atoms with van der Waals surface area (Å²) < 4.78 is 22.6. The molecule has 5 N–H and O–H groups in total. The predicted octanol–water partition coefficient (Wildman–Crippen LogP) is 2.08. The van der Waals surface area contributed by atoms with Gasteiger partial charge in [-0.15, -0.1) is 0 Å². The Kier molecular flexibility index (Phi) is 5.45. The number of benzene rings is 1. The van der Waals surface area contributed by atoms with Gasteiger partial charge in [-0.2, -0.15) is 0 Å². The average Bonchev–Trinajstić information content (AvgIpc) is 2.34. The average molecular weight is 390 g/mol. The Balaban J connectivity index is 2.20. The van der Waals surface area contributed by atoms with Gasteiger partial charge in [0.1, 0.15) is 0 Å². The Morgan fingerprint density at radius 3 is 2.05 bits per heavy atom. The highest BCUT2D eigenvalue weighted by molar-refractivity contribution is 7.70. The fraction of sp³-hybridized carbons (Fsp3) is 0.455. The third kappa shape index (κ3) is 4.32. The monoisotopic (exact) mass is 389 g/mol. The van der Waals surface area contributed by atoms with E-state index in [4.69, 9.17) is 42.8 Å². The van der Waals surface area contributed by atoms with Crippen molar-refractivity contribution < 1.29 is 28.7 Å². The fourth-order valence-electron chi connectivity index (χ4n) is 2.49. The molecule has 0 heterocycles. The van der Waals surface area contributed by atoms with Crippen LogP contribution in [-0.2, 0) is 22.0 Å². The number of rotatable bonds is 4.